The molecule has 3 aromatic carbocycles. The fourth-order valence-corrected chi connectivity index (χ4v) is 4.23. The minimum absolute atomic E-state index is 0.0132. The Bertz CT molecular complexity index is 1100. The molecule has 0 spiro atoms. The molecule has 156 valence electrons. The van der Waals surface area contributed by atoms with Gasteiger partial charge in [-0.1, -0.05) is 65.7 Å². The smallest absolute Gasteiger partial charge is 0.0991 e. The second kappa shape index (κ2) is 11.0. The summed E-state index contributed by atoms with van der Waals surface area (Å²) in [6.07, 6.45) is 1.07. The Hall–Kier alpha value is -2.82. The third-order valence-corrected chi connectivity index (χ3v) is 6.05. The zero-order valence-corrected chi connectivity index (χ0v) is 18.7. The van der Waals surface area contributed by atoms with Crippen LogP contribution in [0.25, 0.3) is 0 Å². The first-order valence-corrected chi connectivity index (χ1v) is 10.9. The maximum atomic E-state index is 9.41. The van der Waals surface area contributed by atoms with Crippen LogP contribution in [0.5, 0.6) is 0 Å². The van der Waals surface area contributed by atoms with Crippen LogP contribution in [-0.4, -0.2) is 6.04 Å². The Labute approximate surface area is 193 Å². The number of nitriles is 2. The van der Waals surface area contributed by atoms with Gasteiger partial charge >= 0.3 is 0 Å². The van der Waals surface area contributed by atoms with Crippen molar-refractivity contribution in [2.24, 2.45) is 0 Å². The van der Waals surface area contributed by atoms with E-state index in [-0.39, 0.29) is 18.0 Å². The molecule has 3 nitrogen and oxygen atoms in total. The lowest BCUT2D eigenvalue weighted by molar-refractivity contribution is 0.401. The van der Waals surface area contributed by atoms with Gasteiger partial charge in [-0.3, -0.25) is 0 Å². The van der Waals surface area contributed by atoms with Gasteiger partial charge in [0.2, 0.25) is 0 Å². The van der Waals surface area contributed by atoms with Crippen molar-refractivity contribution in [1.29, 1.82) is 10.5 Å². The zero-order chi connectivity index (χ0) is 22.2. The molecule has 0 heterocycles. The summed E-state index contributed by atoms with van der Waals surface area (Å²) in [5.41, 5.74) is 3.77. The van der Waals surface area contributed by atoms with E-state index < -0.39 is 0 Å². The number of halogens is 2. The first kappa shape index (κ1) is 22.9. The van der Waals surface area contributed by atoms with Crippen molar-refractivity contribution in [3.63, 3.8) is 0 Å². The summed E-state index contributed by atoms with van der Waals surface area (Å²) in [7, 11) is 0. The summed E-state index contributed by atoms with van der Waals surface area (Å²) in [5.74, 6) is 0.0816. The van der Waals surface area contributed by atoms with E-state index >= 15 is 0 Å². The molecule has 5 heteroatoms. The van der Waals surface area contributed by atoms with Crippen molar-refractivity contribution in [3.05, 3.63) is 105 Å². The van der Waals surface area contributed by atoms with E-state index in [0.717, 1.165) is 23.1 Å². The fourth-order valence-electron chi connectivity index (χ4n) is 3.84. The molecule has 0 aliphatic rings. The molecular weight excluding hydrogens is 425 g/mol. The van der Waals surface area contributed by atoms with Gasteiger partial charge in [-0.2, -0.15) is 10.5 Å². The Morgan fingerprint density at radius 1 is 0.935 bits per heavy atom. The van der Waals surface area contributed by atoms with Gasteiger partial charge < -0.3 is 5.32 Å². The predicted octanol–water partition coefficient (Wildman–Crippen LogP) is 6.82. The summed E-state index contributed by atoms with van der Waals surface area (Å²) in [6, 6.07) is 27.5. The molecule has 0 fully saturated rings. The van der Waals surface area contributed by atoms with E-state index in [4.69, 9.17) is 23.2 Å². The van der Waals surface area contributed by atoms with Gasteiger partial charge in [0.15, 0.2) is 0 Å². The summed E-state index contributed by atoms with van der Waals surface area (Å²) in [6.45, 7) is 2.11. The maximum absolute atomic E-state index is 9.41. The van der Waals surface area contributed by atoms with E-state index in [1.54, 1.807) is 0 Å². The lowest BCUT2D eigenvalue weighted by Crippen LogP contribution is -2.36. The summed E-state index contributed by atoms with van der Waals surface area (Å²) >= 11 is 12.5. The molecule has 1 unspecified atom stereocenters. The van der Waals surface area contributed by atoms with Crippen LogP contribution in [0.1, 0.15) is 47.6 Å². The predicted molar refractivity (Wildman–Crippen MR) is 126 cm³/mol. The van der Waals surface area contributed by atoms with Crippen molar-refractivity contribution in [2.45, 2.75) is 37.8 Å². The van der Waals surface area contributed by atoms with Crippen LogP contribution in [0, 0.1) is 22.7 Å². The van der Waals surface area contributed by atoms with Crippen LogP contribution < -0.4 is 5.32 Å². The van der Waals surface area contributed by atoms with Crippen LogP contribution in [0.4, 0.5) is 0 Å². The van der Waals surface area contributed by atoms with Gasteiger partial charge in [-0.05, 0) is 60.4 Å². The van der Waals surface area contributed by atoms with Crippen molar-refractivity contribution in [2.75, 3.05) is 0 Å². The topological polar surface area (TPSA) is 59.6 Å². The number of benzene rings is 3. The van der Waals surface area contributed by atoms with Crippen molar-refractivity contribution in [1.82, 2.24) is 5.32 Å². The number of rotatable bonds is 8. The van der Waals surface area contributed by atoms with Gasteiger partial charge in [0.1, 0.15) is 0 Å². The quantitative estimate of drug-likeness (QED) is 0.411. The van der Waals surface area contributed by atoms with E-state index in [2.05, 4.69) is 30.4 Å². The third kappa shape index (κ3) is 6.09. The Morgan fingerprint density at radius 2 is 1.68 bits per heavy atom. The van der Waals surface area contributed by atoms with Crippen LogP contribution >= 0.6 is 23.2 Å². The molecule has 0 aromatic heterocycles. The molecule has 0 radical (unpaired) electrons. The molecule has 0 saturated carbocycles. The Kier molecular flexibility index (Phi) is 8.10. The largest absolute Gasteiger partial charge is 0.306 e. The fraction of sp³-hybridized carbons (Fsp3) is 0.231. The summed E-state index contributed by atoms with van der Waals surface area (Å²) in [5, 5.41) is 23.7. The molecule has 3 atom stereocenters. The lowest BCUT2D eigenvalue weighted by atomic mass is 9.85. The van der Waals surface area contributed by atoms with E-state index in [0.29, 0.717) is 22.0 Å². The monoisotopic (exact) mass is 447 g/mol. The van der Waals surface area contributed by atoms with Crippen molar-refractivity contribution in [3.8, 4) is 12.1 Å². The molecule has 1 N–H and O–H groups in total. The highest BCUT2D eigenvalue weighted by atomic mass is 35.5. The van der Waals surface area contributed by atoms with Crippen LogP contribution in [0.2, 0.25) is 10.0 Å². The SMILES string of the molecule is C[C@H](NC(CC#N)c1ccccc1Cl)[C@@H](Cc1ccc(Cl)cc1)c1cccc(C#N)c1. The average Bonchev–Trinajstić information content (AvgIpc) is 2.78. The molecule has 0 aliphatic heterocycles. The molecule has 3 aromatic rings. The number of nitrogens with zero attached hydrogens (tertiary/aromatic N) is 2. The number of hydrogen-bond acceptors (Lipinski definition) is 3. The van der Waals surface area contributed by atoms with Gasteiger partial charge in [0.25, 0.3) is 0 Å². The van der Waals surface area contributed by atoms with Crippen LogP contribution in [0.15, 0.2) is 72.8 Å². The summed E-state index contributed by atoms with van der Waals surface area (Å²) in [4.78, 5) is 0. The molecule has 0 amide bonds. The molecule has 0 aliphatic carbocycles. The minimum atomic E-state index is -0.194. The first-order valence-electron chi connectivity index (χ1n) is 10.1. The highest BCUT2D eigenvalue weighted by Crippen LogP contribution is 2.30. The van der Waals surface area contributed by atoms with Crippen LogP contribution in [-0.2, 0) is 6.42 Å². The lowest BCUT2D eigenvalue weighted by Gasteiger charge is -2.30. The number of hydrogen-bond donors (Lipinski definition) is 1. The third-order valence-electron chi connectivity index (χ3n) is 5.46. The second-order valence-electron chi connectivity index (χ2n) is 7.57. The minimum Gasteiger partial charge on any atom is -0.306 e. The first-order chi connectivity index (χ1) is 15.0. The summed E-state index contributed by atoms with van der Waals surface area (Å²) < 4.78 is 0. The standard InChI is InChI=1S/C26H23Cl2N3/c1-18(31-26(13-14-29)23-7-2-3-8-25(23)28)24(16-19-9-11-22(27)12-10-19)21-6-4-5-20(15-21)17-30/h2-12,15,18,24,26,31H,13,16H2,1H3/t18-,24+,26?/m0/s1. The molecule has 0 bridgehead atoms. The Balaban J connectivity index is 1.93. The van der Waals surface area contributed by atoms with Gasteiger partial charge in [0.05, 0.1) is 24.1 Å². The average molecular weight is 448 g/mol. The Morgan fingerprint density at radius 3 is 2.35 bits per heavy atom. The second-order valence-corrected chi connectivity index (χ2v) is 8.41. The number of nitrogens with one attached hydrogen (secondary N) is 1. The van der Waals surface area contributed by atoms with Crippen molar-refractivity contribution < 1.29 is 0 Å². The maximum Gasteiger partial charge on any atom is 0.0991 e. The van der Waals surface area contributed by atoms with Gasteiger partial charge in [0, 0.05) is 28.0 Å². The van der Waals surface area contributed by atoms with E-state index in [1.807, 2.05) is 66.7 Å². The molecule has 31 heavy (non-hydrogen) atoms. The van der Waals surface area contributed by atoms with Gasteiger partial charge in [-0.25, -0.2) is 0 Å². The van der Waals surface area contributed by atoms with E-state index in [1.165, 1.54) is 0 Å². The molecule has 3 rings (SSSR count). The van der Waals surface area contributed by atoms with Crippen molar-refractivity contribution >= 4 is 23.2 Å². The molecular formula is C26H23Cl2N3. The normalized spacial score (nSPS) is 13.6. The van der Waals surface area contributed by atoms with Gasteiger partial charge in [-0.15, -0.1) is 0 Å². The highest BCUT2D eigenvalue weighted by Gasteiger charge is 2.24. The molecule has 0 saturated heterocycles. The van der Waals surface area contributed by atoms with Crippen LogP contribution in [0.3, 0.4) is 0 Å². The zero-order valence-electron chi connectivity index (χ0n) is 17.2. The highest BCUT2D eigenvalue weighted by molar-refractivity contribution is 6.31. The van der Waals surface area contributed by atoms with E-state index in [9.17, 15) is 10.5 Å².